The van der Waals surface area contributed by atoms with Gasteiger partial charge in [0.15, 0.2) is 6.29 Å². The zero-order valence-electron chi connectivity index (χ0n) is 45.1. The molecule has 1 heterocycles. The molecule has 0 aliphatic carbocycles. The van der Waals surface area contributed by atoms with E-state index < -0.39 is 49.0 Å². The Hall–Kier alpha value is -5.95. The first-order chi connectivity index (χ1) is 38.2. The van der Waals surface area contributed by atoms with Crippen LogP contribution in [0.3, 0.4) is 0 Å². The second-order valence-electron chi connectivity index (χ2n) is 19.9. The van der Waals surface area contributed by atoms with Gasteiger partial charge in [0.1, 0.15) is 30.5 Å². The fraction of sp³-hybridized carbons (Fsp3) is 0.424. The second kappa shape index (κ2) is 35.5. The lowest BCUT2D eigenvalue weighted by molar-refractivity contribution is -0.329. The van der Waals surface area contributed by atoms with Crippen molar-refractivity contribution < 1.29 is 37.9 Å². The van der Waals surface area contributed by atoms with E-state index in [1.54, 1.807) is 0 Å². The van der Waals surface area contributed by atoms with E-state index in [2.05, 4.69) is 29.1 Å². The summed E-state index contributed by atoms with van der Waals surface area (Å²) >= 11 is 0. The highest BCUT2D eigenvalue weighted by Crippen LogP contribution is 2.33. The van der Waals surface area contributed by atoms with Gasteiger partial charge in [0, 0.05) is 4.91 Å². The van der Waals surface area contributed by atoms with E-state index in [4.69, 9.17) is 37.9 Å². The molecule has 77 heavy (non-hydrogen) atoms. The average Bonchev–Trinajstić information content (AvgIpc) is 3.49. The lowest BCUT2D eigenvalue weighted by atomic mass is 9.97. The number of nitrogens with zero attached hydrogens (tertiary/aromatic N) is 3. The van der Waals surface area contributed by atoms with Gasteiger partial charge in [0.25, 0.3) is 0 Å². The highest BCUT2D eigenvalue weighted by molar-refractivity contribution is 5.18. The normalized spacial score (nSPS) is 18.6. The van der Waals surface area contributed by atoms with Crippen LogP contribution in [0.2, 0.25) is 0 Å². The highest BCUT2D eigenvalue weighted by atomic mass is 16.7. The molecule has 0 spiro atoms. The van der Waals surface area contributed by atoms with Gasteiger partial charge in [0.2, 0.25) is 0 Å². The molecule has 0 N–H and O–H groups in total. The summed E-state index contributed by atoms with van der Waals surface area (Å²) in [6, 6.07) is 59.4. The number of hydrogen-bond donors (Lipinski definition) is 0. The van der Waals surface area contributed by atoms with Crippen LogP contribution in [-0.4, -0.2) is 62.2 Å². The van der Waals surface area contributed by atoms with Crippen LogP contribution in [-0.2, 0) is 77.5 Å². The van der Waals surface area contributed by atoms with Gasteiger partial charge in [-0.25, -0.2) is 0 Å². The number of unbranched alkanes of at least 4 members (excludes halogenated alkanes) is 10. The minimum Gasteiger partial charge on any atom is -0.374 e. The van der Waals surface area contributed by atoms with Crippen molar-refractivity contribution in [3.63, 3.8) is 0 Å². The van der Waals surface area contributed by atoms with Gasteiger partial charge in [-0.15, -0.1) is 0 Å². The molecule has 1 fully saturated rings. The molecule has 6 aromatic rings. The van der Waals surface area contributed by atoms with Crippen LogP contribution >= 0.6 is 0 Å². The second-order valence-corrected chi connectivity index (χ2v) is 19.9. The van der Waals surface area contributed by atoms with Crippen molar-refractivity contribution in [2.75, 3.05) is 13.2 Å². The van der Waals surface area contributed by atoms with Crippen LogP contribution in [0.25, 0.3) is 10.4 Å². The molecule has 1 saturated heterocycles. The molecular weight excluding hydrogens is 963 g/mol. The highest BCUT2D eigenvalue weighted by Gasteiger charge is 2.49. The lowest BCUT2D eigenvalue weighted by Gasteiger charge is -2.46. The van der Waals surface area contributed by atoms with E-state index in [1.165, 1.54) is 57.8 Å². The Kier molecular flexibility index (Phi) is 27.0. The first-order valence-corrected chi connectivity index (χ1v) is 28.0. The fourth-order valence-electron chi connectivity index (χ4n) is 9.53. The van der Waals surface area contributed by atoms with Crippen molar-refractivity contribution in [2.24, 2.45) is 5.11 Å². The molecule has 1 aliphatic heterocycles. The maximum absolute atomic E-state index is 10.4. The van der Waals surface area contributed by atoms with E-state index >= 15 is 0 Å². The van der Waals surface area contributed by atoms with Gasteiger partial charge in [-0.2, -0.15) is 0 Å². The summed E-state index contributed by atoms with van der Waals surface area (Å²) < 4.78 is 55.1. The third-order valence-electron chi connectivity index (χ3n) is 13.8. The van der Waals surface area contributed by atoms with E-state index in [9.17, 15) is 5.53 Å². The van der Waals surface area contributed by atoms with Crippen molar-refractivity contribution >= 4 is 0 Å². The zero-order valence-corrected chi connectivity index (χ0v) is 45.1. The van der Waals surface area contributed by atoms with Crippen molar-refractivity contribution in [3.05, 3.63) is 238 Å². The molecule has 6 aromatic carbocycles. The predicted molar refractivity (Wildman–Crippen MR) is 304 cm³/mol. The number of rotatable bonds is 37. The largest absolute Gasteiger partial charge is 0.374 e. The molecule has 0 saturated carbocycles. The zero-order chi connectivity index (χ0) is 53.2. The number of ether oxygens (including phenoxy) is 8. The Balaban J connectivity index is 1.18. The number of hydrogen-bond acceptors (Lipinski definition) is 9. The summed E-state index contributed by atoms with van der Waals surface area (Å²) in [5.74, 6) is 0. The van der Waals surface area contributed by atoms with Crippen LogP contribution in [0.5, 0.6) is 0 Å². The van der Waals surface area contributed by atoms with Gasteiger partial charge in [-0.1, -0.05) is 264 Å². The molecule has 408 valence electrons. The molecule has 7 rings (SSSR count). The Morgan fingerprint density at radius 1 is 0.481 bits per heavy atom. The van der Waals surface area contributed by atoms with Crippen molar-refractivity contribution in [1.82, 2.24) is 0 Å². The molecule has 0 radical (unpaired) electrons. The summed E-state index contributed by atoms with van der Waals surface area (Å²) in [6.45, 7) is 4.06. The van der Waals surface area contributed by atoms with E-state index in [0.29, 0.717) is 19.8 Å². The smallest absolute Gasteiger partial charge is 0.186 e. The first-order valence-electron chi connectivity index (χ1n) is 28.0. The topological polar surface area (TPSA) is 123 Å². The molecule has 0 amide bonds. The third kappa shape index (κ3) is 21.4. The van der Waals surface area contributed by atoms with Crippen LogP contribution in [0, 0.1) is 0 Å². The lowest BCUT2D eigenvalue weighted by Crippen LogP contribution is -2.62. The third-order valence-corrected chi connectivity index (χ3v) is 13.8. The van der Waals surface area contributed by atoms with Gasteiger partial charge in [-0.05, 0) is 51.8 Å². The van der Waals surface area contributed by atoms with Crippen LogP contribution in [0.4, 0.5) is 0 Å². The molecule has 8 atom stereocenters. The minimum absolute atomic E-state index is 0.102. The molecule has 0 aromatic heterocycles. The molecule has 11 heteroatoms. The molecule has 0 bridgehead atoms. The molecule has 0 unspecified atom stereocenters. The fourth-order valence-corrected chi connectivity index (χ4v) is 9.53. The number of benzene rings is 6. The van der Waals surface area contributed by atoms with Gasteiger partial charge in [0.05, 0.1) is 65.0 Å². The number of azide groups is 1. The molecule has 11 nitrogen and oxygen atoms in total. The summed E-state index contributed by atoms with van der Waals surface area (Å²) in [4.78, 5) is 3.41. The summed E-state index contributed by atoms with van der Waals surface area (Å²) in [7, 11) is 0. The number of allylic oxidation sites excluding steroid dienone is 1. The quantitative estimate of drug-likeness (QED) is 0.0124. The monoisotopic (exact) mass is 1040 g/mol. The Labute approximate surface area is 458 Å². The molecular formula is C66H81N3O8. The average molecular weight is 1040 g/mol. The van der Waals surface area contributed by atoms with E-state index in [1.807, 2.05) is 182 Å². The Bertz CT molecular complexity index is 2500. The SMILES string of the molecule is CCCCCCCCCCCC/C=C\[C@@H](OCc1ccccc1)[C@@H](OCc1ccccc1)[C@H](CO[C@H]1O[C@H](COCc2ccccc2)[C@H](OCc2ccccc2)[C@H](OCc2ccccc2)[C@H]1OCc1ccccc1)N=[N+]=[N-]. The predicted octanol–water partition coefficient (Wildman–Crippen LogP) is 15.4. The maximum Gasteiger partial charge on any atom is 0.186 e. The summed E-state index contributed by atoms with van der Waals surface area (Å²) in [5, 5.41) is 4.44. The van der Waals surface area contributed by atoms with Crippen LogP contribution < -0.4 is 0 Å². The van der Waals surface area contributed by atoms with Crippen molar-refractivity contribution in [2.45, 2.75) is 166 Å². The van der Waals surface area contributed by atoms with Gasteiger partial charge >= 0.3 is 0 Å². The van der Waals surface area contributed by atoms with E-state index in [-0.39, 0.29) is 33.0 Å². The maximum atomic E-state index is 10.4. The standard InChI is InChI=1S/C66H81N3O8/c1-2-3-4-5-6-7-8-9-10-11-12-31-44-60(71-46-54-34-21-14-22-35-54)62(72-47-55-36-23-15-24-37-55)59(68-69-67)51-76-66-65(75-50-58-42-29-18-30-43-58)64(74-49-57-40-27-17-28-41-57)63(73-48-56-38-25-16-26-39-56)61(77-66)52-70-45-53-32-19-13-20-33-53/h13-44,59-66H,2-12,45-52H2,1H3/b44-31-/t59-,60+,61+,62-,63-,64-,65+,66-/m0/s1. The molecule has 1 aliphatic rings. The van der Waals surface area contributed by atoms with E-state index in [0.717, 1.165) is 46.2 Å². The van der Waals surface area contributed by atoms with Gasteiger partial charge < -0.3 is 37.9 Å². The van der Waals surface area contributed by atoms with Crippen molar-refractivity contribution in [1.29, 1.82) is 0 Å². The van der Waals surface area contributed by atoms with Gasteiger partial charge in [-0.3, -0.25) is 0 Å². The van der Waals surface area contributed by atoms with Crippen LogP contribution in [0.1, 0.15) is 111 Å². The Morgan fingerprint density at radius 3 is 1.38 bits per heavy atom. The van der Waals surface area contributed by atoms with Crippen molar-refractivity contribution in [3.8, 4) is 0 Å². The van der Waals surface area contributed by atoms with Crippen LogP contribution in [0.15, 0.2) is 199 Å². The Morgan fingerprint density at radius 2 is 0.896 bits per heavy atom. The summed E-state index contributed by atoms with van der Waals surface area (Å²) in [5.41, 5.74) is 16.3. The minimum atomic E-state index is -1.04. The first kappa shape index (κ1) is 58.7. The summed E-state index contributed by atoms with van der Waals surface area (Å²) in [6.07, 6.45) is 12.5.